The van der Waals surface area contributed by atoms with E-state index in [0.717, 1.165) is 24.1 Å². The second-order valence-corrected chi connectivity index (χ2v) is 3.99. The molecule has 0 saturated carbocycles. The van der Waals surface area contributed by atoms with E-state index in [1.807, 2.05) is 11.5 Å². The summed E-state index contributed by atoms with van der Waals surface area (Å²) >= 11 is 1.65. The molecule has 0 spiro atoms. The van der Waals surface area contributed by atoms with Crippen molar-refractivity contribution in [2.45, 2.75) is 32.3 Å². The lowest BCUT2D eigenvalue weighted by molar-refractivity contribution is 0.171. The highest BCUT2D eigenvalue weighted by atomic mass is 32.1. The van der Waals surface area contributed by atoms with E-state index in [9.17, 15) is 5.11 Å². The fourth-order valence-corrected chi connectivity index (χ4v) is 2.36. The second-order valence-electron chi connectivity index (χ2n) is 3.05. The predicted molar refractivity (Wildman–Crippen MR) is 58.1 cm³/mol. The zero-order valence-electron chi connectivity index (χ0n) is 7.99. The lowest BCUT2D eigenvalue weighted by atomic mass is 10.1. The highest BCUT2D eigenvalue weighted by molar-refractivity contribution is 7.10. The molecule has 0 bridgehead atoms. The van der Waals surface area contributed by atoms with Gasteiger partial charge in [-0.1, -0.05) is 13.0 Å². The van der Waals surface area contributed by atoms with Gasteiger partial charge in [-0.25, -0.2) is 0 Å². The Bertz CT molecular complexity index is 265. The van der Waals surface area contributed by atoms with Crippen LogP contribution in [0.1, 0.15) is 36.3 Å². The SMILES string of the molecule is C=CCCC(O)c1sccc1CC. The van der Waals surface area contributed by atoms with E-state index in [4.69, 9.17) is 0 Å². The Morgan fingerprint density at radius 3 is 3.08 bits per heavy atom. The number of hydrogen-bond acceptors (Lipinski definition) is 2. The first kappa shape index (κ1) is 10.5. The second kappa shape index (κ2) is 5.20. The van der Waals surface area contributed by atoms with Gasteiger partial charge in [0, 0.05) is 4.88 Å². The minimum atomic E-state index is -0.298. The number of hydrogen-bond donors (Lipinski definition) is 1. The first-order chi connectivity index (χ1) is 6.29. The summed E-state index contributed by atoms with van der Waals surface area (Å²) in [5.74, 6) is 0. The van der Waals surface area contributed by atoms with Crippen LogP contribution in [0, 0.1) is 0 Å². The molecule has 1 atom stereocenters. The van der Waals surface area contributed by atoms with E-state index in [0.29, 0.717) is 0 Å². The molecule has 0 aliphatic carbocycles. The number of allylic oxidation sites excluding steroid dienone is 1. The quantitative estimate of drug-likeness (QED) is 0.716. The molecule has 1 heterocycles. The van der Waals surface area contributed by atoms with Crippen LogP contribution < -0.4 is 0 Å². The molecule has 0 saturated heterocycles. The fraction of sp³-hybridized carbons (Fsp3) is 0.455. The largest absolute Gasteiger partial charge is 0.388 e. The molecule has 0 radical (unpaired) electrons. The average molecular weight is 196 g/mol. The molecule has 1 rings (SSSR count). The van der Waals surface area contributed by atoms with Gasteiger partial charge in [-0.05, 0) is 36.3 Å². The van der Waals surface area contributed by atoms with E-state index in [1.165, 1.54) is 5.56 Å². The summed E-state index contributed by atoms with van der Waals surface area (Å²) in [4.78, 5) is 1.13. The minimum absolute atomic E-state index is 0.298. The van der Waals surface area contributed by atoms with Crippen LogP contribution in [0.2, 0.25) is 0 Å². The molecule has 72 valence electrons. The predicted octanol–water partition coefficient (Wildman–Crippen LogP) is 3.31. The molecular weight excluding hydrogens is 180 g/mol. The van der Waals surface area contributed by atoms with E-state index in [2.05, 4.69) is 19.6 Å². The Morgan fingerprint density at radius 2 is 2.46 bits per heavy atom. The summed E-state index contributed by atoms with van der Waals surface area (Å²) in [6.45, 7) is 5.77. The summed E-state index contributed by atoms with van der Waals surface area (Å²) in [5.41, 5.74) is 1.28. The Hall–Kier alpha value is -0.600. The van der Waals surface area contributed by atoms with Crippen LogP contribution in [0.3, 0.4) is 0 Å². The van der Waals surface area contributed by atoms with Crippen LogP contribution in [0.25, 0.3) is 0 Å². The molecular formula is C11H16OS. The third kappa shape index (κ3) is 2.68. The molecule has 0 aromatic carbocycles. The lowest BCUT2D eigenvalue weighted by Crippen LogP contribution is -1.96. The van der Waals surface area contributed by atoms with E-state index in [-0.39, 0.29) is 6.10 Å². The smallest absolute Gasteiger partial charge is 0.0887 e. The van der Waals surface area contributed by atoms with Crippen LogP contribution >= 0.6 is 11.3 Å². The molecule has 0 amide bonds. The Labute approximate surface area is 83.7 Å². The molecule has 13 heavy (non-hydrogen) atoms. The number of aliphatic hydroxyl groups excluding tert-OH is 1. The summed E-state index contributed by atoms with van der Waals surface area (Å²) in [6, 6.07) is 2.09. The fourth-order valence-electron chi connectivity index (χ4n) is 1.34. The van der Waals surface area contributed by atoms with Crippen LogP contribution in [0.4, 0.5) is 0 Å². The van der Waals surface area contributed by atoms with Gasteiger partial charge in [0.25, 0.3) is 0 Å². The van der Waals surface area contributed by atoms with Crippen LogP contribution in [0.15, 0.2) is 24.1 Å². The van der Waals surface area contributed by atoms with Crippen molar-refractivity contribution in [3.05, 3.63) is 34.5 Å². The molecule has 1 N–H and O–H groups in total. The van der Waals surface area contributed by atoms with Gasteiger partial charge in [0.1, 0.15) is 0 Å². The third-order valence-electron chi connectivity index (χ3n) is 2.11. The van der Waals surface area contributed by atoms with Crippen molar-refractivity contribution in [2.24, 2.45) is 0 Å². The van der Waals surface area contributed by atoms with Crippen LogP contribution in [-0.2, 0) is 6.42 Å². The Kier molecular flexibility index (Phi) is 4.19. The minimum Gasteiger partial charge on any atom is -0.388 e. The van der Waals surface area contributed by atoms with Crippen molar-refractivity contribution >= 4 is 11.3 Å². The van der Waals surface area contributed by atoms with Crippen molar-refractivity contribution in [1.29, 1.82) is 0 Å². The zero-order valence-corrected chi connectivity index (χ0v) is 8.81. The molecule has 2 heteroatoms. The average Bonchev–Trinajstić information content (AvgIpc) is 2.61. The van der Waals surface area contributed by atoms with Gasteiger partial charge in [0.05, 0.1) is 6.10 Å². The van der Waals surface area contributed by atoms with Crippen molar-refractivity contribution < 1.29 is 5.11 Å². The molecule has 1 aromatic heterocycles. The van der Waals surface area contributed by atoms with Crippen LogP contribution in [-0.4, -0.2) is 5.11 Å². The molecule has 0 fully saturated rings. The van der Waals surface area contributed by atoms with Crippen molar-refractivity contribution in [2.75, 3.05) is 0 Å². The Morgan fingerprint density at radius 1 is 1.69 bits per heavy atom. The summed E-state index contributed by atoms with van der Waals surface area (Å²) in [6.07, 6.45) is 4.22. The van der Waals surface area contributed by atoms with Gasteiger partial charge < -0.3 is 5.11 Å². The molecule has 0 aliphatic rings. The first-order valence-corrected chi connectivity index (χ1v) is 5.52. The van der Waals surface area contributed by atoms with Gasteiger partial charge >= 0.3 is 0 Å². The van der Waals surface area contributed by atoms with Crippen molar-refractivity contribution in [1.82, 2.24) is 0 Å². The number of rotatable bonds is 5. The van der Waals surface area contributed by atoms with E-state index < -0.39 is 0 Å². The lowest BCUT2D eigenvalue weighted by Gasteiger charge is -2.08. The van der Waals surface area contributed by atoms with Gasteiger partial charge in [-0.15, -0.1) is 17.9 Å². The number of thiophene rings is 1. The van der Waals surface area contributed by atoms with Gasteiger partial charge in [-0.3, -0.25) is 0 Å². The van der Waals surface area contributed by atoms with E-state index >= 15 is 0 Å². The first-order valence-electron chi connectivity index (χ1n) is 4.64. The van der Waals surface area contributed by atoms with Gasteiger partial charge in [0.2, 0.25) is 0 Å². The normalized spacial score (nSPS) is 12.8. The monoisotopic (exact) mass is 196 g/mol. The summed E-state index contributed by atoms with van der Waals surface area (Å²) < 4.78 is 0. The highest BCUT2D eigenvalue weighted by Gasteiger charge is 2.11. The maximum atomic E-state index is 9.82. The third-order valence-corrected chi connectivity index (χ3v) is 3.17. The summed E-state index contributed by atoms with van der Waals surface area (Å²) in [5, 5.41) is 11.9. The Balaban J connectivity index is 2.63. The molecule has 1 nitrogen and oxygen atoms in total. The maximum Gasteiger partial charge on any atom is 0.0887 e. The molecule has 1 aromatic rings. The standard InChI is InChI=1S/C11H16OS/c1-3-5-6-10(12)11-9(4-2)7-8-13-11/h3,7-8,10,12H,1,4-6H2,2H3. The molecule has 0 aliphatic heterocycles. The van der Waals surface area contributed by atoms with Crippen LogP contribution in [0.5, 0.6) is 0 Å². The number of aryl methyl sites for hydroxylation is 1. The topological polar surface area (TPSA) is 20.2 Å². The van der Waals surface area contributed by atoms with Crippen molar-refractivity contribution in [3.8, 4) is 0 Å². The maximum absolute atomic E-state index is 9.82. The van der Waals surface area contributed by atoms with Crippen molar-refractivity contribution in [3.63, 3.8) is 0 Å². The zero-order chi connectivity index (χ0) is 9.68. The van der Waals surface area contributed by atoms with Gasteiger partial charge in [0.15, 0.2) is 0 Å². The molecule has 1 unspecified atom stereocenters. The van der Waals surface area contributed by atoms with E-state index in [1.54, 1.807) is 11.3 Å². The van der Waals surface area contributed by atoms with Gasteiger partial charge in [-0.2, -0.15) is 0 Å². The number of aliphatic hydroxyl groups is 1. The highest BCUT2D eigenvalue weighted by Crippen LogP contribution is 2.27. The summed E-state index contributed by atoms with van der Waals surface area (Å²) in [7, 11) is 0.